The standard InChI is InChI=1S/C18H21F2N3O4/c1-10(11-3-4-11)21-14(24)9-23-15(25)18(2,22-17(23)26)12-5-7-13(8-6-12)27-16(19)20/h5-8,10-11,16H,3-4,9H2,1-2H3,(H,21,24)(H,22,26)/t10-,18+/m1/s1. The summed E-state index contributed by atoms with van der Waals surface area (Å²) in [6.45, 7) is 0.0747. The highest BCUT2D eigenvalue weighted by Crippen LogP contribution is 2.32. The van der Waals surface area contributed by atoms with E-state index in [1.54, 1.807) is 0 Å². The molecule has 2 atom stereocenters. The molecule has 1 aromatic rings. The van der Waals surface area contributed by atoms with E-state index in [4.69, 9.17) is 0 Å². The average Bonchev–Trinajstić information content (AvgIpc) is 3.41. The highest BCUT2D eigenvalue weighted by molar-refractivity contribution is 6.09. The van der Waals surface area contributed by atoms with E-state index in [2.05, 4.69) is 15.4 Å². The van der Waals surface area contributed by atoms with E-state index in [0.717, 1.165) is 17.7 Å². The van der Waals surface area contributed by atoms with Crippen molar-refractivity contribution >= 4 is 17.8 Å². The lowest BCUT2D eigenvalue weighted by atomic mass is 9.92. The Morgan fingerprint density at radius 2 is 1.96 bits per heavy atom. The summed E-state index contributed by atoms with van der Waals surface area (Å²) in [5.41, 5.74) is -0.986. The second-order valence-corrected chi connectivity index (χ2v) is 7.04. The van der Waals surface area contributed by atoms with Gasteiger partial charge in [-0.05, 0) is 50.3 Å². The zero-order valence-corrected chi connectivity index (χ0v) is 15.0. The maximum absolute atomic E-state index is 12.8. The first kappa shape index (κ1) is 19.1. The molecule has 1 aliphatic carbocycles. The second kappa shape index (κ2) is 7.13. The fourth-order valence-electron chi connectivity index (χ4n) is 3.16. The Labute approximate surface area is 155 Å². The Hall–Kier alpha value is -2.71. The zero-order chi connectivity index (χ0) is 19.8. The van der Waals surface area contributed by atoms with Gasteiger partial charge >= 0.3 is 12.6 Å². The summed E-state index contributed by atoms with van der Waals surface area (Å²) >= 11 is 0. The predicted octanol–water partition coefficient (Wildman–Crippen LogP) is 1.97. The molecule has 0 radical (unpaired) electrons. The van der Waals surface area contributed by atoms with Crippen LogP contribution >= 0.6 is 0 Å². The van der Waals surface area contributed by atoms with E-state index in [0.29, 0.717) is 11.5 Å². The van der Waals surface area contributed by atoms with Crippen LogP contribution in [0.5, 0.6) is 5.75 Å². The minimum absolute atomic E-state index is 0.00651. The van der Waals surface area contributed by atoms with Crippen molar-refractivity contribution in [1.82, 2.24) is 15.5 Å². The van der Waals surface area contributed by atoms with Crippen LogP contribution in [0.1, 0.15) is 32.3 Å². The topological polar surface area (TPSA) is 87.7 Å². The summed E-state index contributed by atoms with van der Waals surface area (Å²) < 4.78 is 28.8. The Balaban J connectivity index is 1.69. The molecule has 3 rings (SSSR count). The van der Waals surface area contributed by atoms with Gasteiger partial charge in [-0.2, -0.15) is 8.78 Å². The monoisotopic (exact) mass is 381 g/mol. The summed E-state index contributed by atoms with van der Waals surface area (Å²) in [5, 5.41) is 5.37. The summed E-state index contributed by atoms with van der Waals surface area (Å²) in [4.78, 5) is 38.0. The Kier molecular flexibility index (Phi) is 5.03. The van der Waals surface area contributed by atoms with E-state index < -0.39 is 30.0 Å². The molecule has 1 aliphatic heterocycles. The van der Waals surface area contributed by atoms with Crippen LogP contribution in [-0.4, -0.2) is 41.9 Å². The van der Waals surface area contributed by atoms with Crippen LogP contribution < -0.4 is 15.4 Å². The van der Waals surface area contributed by atoms with Crippen molar-refractivity contribution < 1.29 is 27.9 Å². The first-order valence-corrected chi connectivity index (χ1v) is 8.69. The van der Waals surface area contributed by atoms with Gasteiger partial charge in [0.25, 0.3) is 5.91 Å². The van der Waals surface area contributed by atoms with Gasteiger partial charge in [-0.1, -0.05) is 12.1 Å². The largest absolute Gasteiger partial charge is 0.435 e. The number of nitrogens with one attached hydrogen (secondary N) is 2. The molecule has 1 heterocycles. The van der Waals surface area contributed by atoms with E-state index in [1.807, 2.05) is 6.92 Å². The molecule has 9 heteroatoms. The van der Waals surface area contributed by atoms with Crippen molar-refractivity contribution in [2.75, 3.05) is 6.54 Å². The number of ether oxygens (including phenoxy) is 1. The van der Waals surface area contributed by atoms with Crippen LogP contribution in [-0.2, 0) is 15.1 Å². The molecule has 1 saturated carbocycles. The number of alkyl halides is 2. The molecular formula is C18H21F2N3O4. The van der Waals surface area contributed by atoms with Gasteiger partial charge in [0.15, 0.2) is 0 Å². The van der Waals surface area contributed by atoms with Crippen LogP contribution in [0.2, 0.25) is 0 Å². The van der Waals surface area contributed by atoms with Gasteiger partial charge in [-0.3, -0.25) is 14.5 Å². The number of halogens is 2. The highest BCUT2D eigenvalue weighted by atomic mass is 19.3. The third-order valence-corrected chi connectivity index (χ3v) is 4.95. The summed E-state index contributed by atoms with van der Waals surface area (Å²) in [7, 11) is 0. The van der Waals surface area contributed by atoms with Gasteiger partial charge < -0.3 is 15.4 Å². The van der Waals surface area contributed by atoms with E-state index in [9.17, 15) is 23.2 Å². The number of hydrogen-bond acceptors (Lipinski definition) is 4. The van der Waals surface area contributed by atoms with E-state index in [-0.39, 0.29) is 18.3 Å². The van der Waals surface area contributed by atoms with Crippen molar-refractivity contribution in [3.05, 3.63) is 29.8 Å². The first-order chi connectivity index (χ1) is 12.7. The number of rotatable bonds is 7. The van der Waals surface area contributed by atoms with Gasteiger partial charge in [0.05, 0.1) is 0 Å². The molecule has 0 bridgehead atoms. The van der Waals surface area contributed by atoms with E-state index in [1.165, 1.54) is 31.2 Å². The lowest BCUT2D eigenvalue weighted by molar-refractivity contribution is -0.135. The maximum Gasteiger partial charge on any atom is 0.387 e. The number of benzene rings is 1. The predicted molar refractivity (Wildman–Crippen MR) is 91.0 cm³/mol. The molecule has 0 spiro atoms. The number of hydrogen-bond donors (Lipinski definition) is 2. The fraction of sp³-hybridized carbons (Fsp3) is 0.500. The van der Waals surface area contributed by atoms with Crippen LogP contribution in [0.25, 0.3) is 0 Å². The quantitative estimate of drug-likeness (QED) is 0.707. The van der Waals surface area contributed by atoms with E-state index >= 15 is 0 Å². The third kappa shape index (κ3) is 4.01. The van der Waals surface area contributed by atoms with Crippen molar-refractivity contribution in [3.8, 4) is 5.75 Å². The number of urea groups is 1. The van der Waals surface area contributed by atoms with Crippen molar-refractivity contribution in [2.24, 2.45) is 5.92 Å². The molecule has 7 nitrogen and oxygen atoms in total. The lowest BCUT2D eigenvalue weighted by Crippen LogP contribution is -2.45. The molecule has 4 amide bonds. The molecule has 2 aliphatic rings. The Bertz CT molecular complexity index is 751. The number of amides is 4. The lowest BCUT2D eigenvalue weighted by Gasteiger charge is -2.22. The van der Waals surface area contributed by atoms with Crippen LogP contribution in [0.15, 0.2) is 24.3 Å². The molecule has 2 fully saturated rings. The number of carbonyl (C=O) groups excluding carboxylic acids is 3. The highest BCUT2D eigenvalue weighted by Gasteiger charge is 2.49. The minimum Gasteiger partial charge on any atom is -0.435 e. The molecule has 1 aromatic carbocycles. The summed E-state index contributed by atoms with van der Waals surface area (Å²) in [6.07, 6.45) is 2.13. The number of nitrogens with zero attached hydrogens (tertiary/aromatic N) is 1. The second-order valence-electron chi connectivity index (χ2n) is 7.04. The molecule has 1 saturated heterocycles. The van der Waals surface area contributed by atoms with Gasteiger partial charge in [-0.15, -0.1) is 0 Å². The van der Waals surface area contributed by atoms with Gasteiger partial charge in [0, 0.05) is 6.04 Å². The number of imide groups is 1. The first-order valence-electron chi connectivity index (χ1n) is 8.69. The van der Waals surface area contributed by atoms with Gasteiger partial charge in [0.1, 0.15) is 17.8 Å². The van der Waals surface area contributed by atoms with Crippen LogP contribution in [0, 0.1) is 5.92 Å². The van der Waals surface area contributed by atoms with Crippen molar-refractivity contribution in [2.45, 2.75) is 44.9 Å². The molecule has 0 aromatic heterocycles. The third-order valence-electron chi connectivity index (χ3n) is 4.95. The number of carbonyl (C=O) groups is 3. The smallest absolute Gasteiger partial charge is 0.387 e. The summed E-state index contributed by atoms with van der Waals surface area (Å²) in [5.74, 6) is -0.581. The minimum atomic E-state index is -2.95. The molecule has 2 N–H and O–H groups in total. The van der Waals surface area contributed by atoms with Gasteiger partial charge in [-0.25, -0.2) is 4.79 Å². The van der Waals surface area contributed by atoms with Crippen LogP contribution in [0.4, 0.5) is 13.6 Å². The average molecular weight is 381 g/mol. The molecule has 27 heavy (non-hydrogen) atoms. The van der Waals surface area contributed by atoms with Crippen LogP contribution in [0.3, 0.4) is 0 Å². The molecule has 146 valence electrons. The van der Waals surface area contributed by atoms with Gasteiger partial charge in [0.2, 0.25) is 5.91 Å². The fourth-order valence-corrected chi connectivity index (χ4v) is 3.16. The maximum atomic E-state index is 12.8. The normalized spacial score (nSPS) is 23.4. The summed E-state index contributed by atoms with van der Waals surface area (Å²) in [6, 6.07) is 4.76. The SMILES string of the molecule is C[C@@H](NC(=O)CN1C(=O)N[C@@](C)(c2ccc(OC(F)F)cc2)C1=O)C1CC1. The van der Waals surface area contributed by atoms with Crippen molar-refractivity contribution in [1.29, 1.82) is 0 Å². The molecule has 0 unspecified atom stereocenters. The molecular weight excluding hydrogens is 360 g/mol. The zero-order valence-electron chi connectivity index (χ0n) is 15.0. The Morgan fingerprint density at radius 3 is 2.52 bits per heavy atom. The van der Waals surface area contributed by atoms with Crippen molar-refractivity contribution in [3.63, 3.8) is 0 Å². The Morgan fingerprint density at radius 1 is 1.33 bits per heavy atom.